The molecule has 0 spiro atoms. The van der Waals surface area contributed by atoms with Crippen LogP contribution in [0.3, 0.4) is 0 Å². The largest absolute Gasteiger partial charge is 0.497 e. The van der Waals surface area contributed by atoms with Gasteiger partial charge in [0.25, 0.3) is 5.56 Å². The van der Waals surface area contributed by atoms with Crippen LogP contribution in [0.1, 0.15) is 5.01 Å². The van der Waals surface area contributed by atoms with E-state index in [1.807, 2.05) is 18.2 Å². The first-order chi connectivity index (χ1) is 12.0. The van der Waals surface area contributed by atoms with Gasteiger partial charge in [0.2, 0.25) is 11.0 Å². The molecule has 0 bridgehead atoms. The highest BCUT2D eigenvalue weighted by Crippen LogP contribution is 2.21. The van der Waals surface area contributed by atoms with Crippen LogP contribution in [0.25, 0.3) is 11.3 Å². The SMILES string of the molecule is COc1cccc(-c2ccc(=O)n(CC(=O)Nc3nnc(C)s3)n2)c1. The van der Waals surface area contributed by atoms with E-state index in [0.29, 0.717) is 16.6 Å². The lowest BCUT2D eigenvalue weighted by atomic mass is 10.1. The second-order valence-electron chi connectivity index (χ2n) is 5.12. The zero-order chi connectivity index (χ0) is 17.8. The topological polar surface area (TPSA) is 99.0 Å². The average Bonchev–Trinajstić information content (AvgIpc) is 3.01. The Morgan fingerprint density at radius 3 is 2.84 bits per heavy atom. The third-order valence-corrected chi connectivity index (χ3v) is 4.05. The number of benzene rings is 1. The van der Waals surface area contributed by atoms with Gasteiger partial charge in [0, 0.05) is 11.6 Å². The summed E-state index contributed by atoms with van der Waals surface area (Å²) in [4.78, 5) is 24.1. The highest BCUT2D eigenvalue weighted by molar-refractivity contribution is 7.15. The van der Waals surface area contributed by atoms with Gasteiger partial charge in [0.15, 0.2) is 0 Å². The summed E-state index contributed by atoms with van der Waals surface area (Å²) < 4.78 is 6.30. The monoisotopic (exact) mass is 357 g/mol. The molecule has 1 aromatic carbocycles. The van der Waals surface area contributed by atoms with Crippen molar-refractivity contribution in [2.45, 2.75) is 13.5 Å². The summed E-state index contributed by atoms with van der Waals surface area (Å²) in [6, 6.07) is 10.3. The first-order valence-corrected chi connectivity index (χ1v) is 8.19. The summed E-state index contributed by atoms with van der Waals surface area (Å²) in [5.41, 5.74) is 0.988. The molecule has 2 aromatic heterocycles. The molecule has 0 aliphatic carbocycles. The van der Waals surface area contributed by atoms with Crippen molar-refractivity contribution in [1.29, 1.82) is 0 Å². The standard InChI is InChI=1S/C16H15N5O3S/c1-10-18-19-16(25-10)17-14(22)9-21-15(23)7-6-13(20-21)11-4-3-5-12(8-11)24-2/h3-8H,9H2,1-2H3,(H,17,19,22). The molecule has 0 atom stereocenters. The molecule has 9 heteroatoms. The van der Waals surface area contributed by atoms with E-state index in [-0.39, 0.29) is 12.1 Å². The second kappa shape index (κ2) is 7.22. The van der Waals surface area contributed by atoms with Gasteiger partial charge in [-0.1, -0.05) is 23.5 Å². The third-order valence-electron chi connectivity index (χ3n) is 3.30. The maximum Gasteiger partial charge on any atom is 0.267 e. The van der Waals surface area contributed by atoms with Crippen LogP contribution in [0.4, 0.5) is 5.13 Å². The molecule has 0 aliphatic heterocycles. The van der Waals surface area contributed by atoms with Crippen molar-refractivity contribution in [2.24, 2.45) is 0 Å². The van der Waals surface area contributed by atoms with Gasteiger partial charge in [-0.05, 0) is 25.1 Å². The van der Waals surface area contributed by atoms with Crippen LogP contribution >= 0.6 is 11.3 Å². The number of anilines is 1. The minimum Gasteiger partial charge on any atom is -0.497 e. The number of nitrogens with one attached hydrogen (secondary N) is 1. The molecule has 0 aliphatic rings. The van der Waals surface area contributed by atoms with Crippen LogP contribution < -0.4 is 15.6 Å². The van der Waals surface area contributed by atoms with Gasteiger partial charge in [0.1, 0.15) is 17.3 Å². The fraction of sp³-hybridized carbons (Fsp3) is 0.188. The number of aromatic nitrogens is 4. The van der Waals surface area contributed by atoms with Crippen molar-refractivity contribution in [3.63, 3.8) is 0 Å². The smallest absolute Gasteiger partial charge is 0.267 e. The molecular formula is C16H15N5O3S. The predicted octanol–water partition coefficient (Wildman–Crippen LogP) is 1.72. The third kappa shape index (κ3) is 4.07. The first-order valence-electron chi connectivity index (χ1n) is 7.38. The summed E-state index contributed by atoms with van der Waals surface area (Å²) in [7, 11) is 1.58. The van der Waals surface area contributed by atoms with E-state index < -0.39 is 5.91 Å². The van der Waals surface area contributed by atoms with Crippen LogP contribution in [-0.4, -0.2) is 33.0 Å². The molecule has 3 aromatic rings. The Bertz CT molecular complexity index is 966. The number of carbonyl (C=O) groups is 1. The lowest BCUT2D eigenvalue weighted by Gasteiger charge is -2.08. The van der Waals surface area contributed by atoms with Gasteiger partial charge in [-0.15, -0.1) is 10.2 Å². The average molecular weight is 357 g/mol. The number of nitrogens with zero attached hydrogens (tertiary/aromatic N) is 4. The summed E-state index contributed by atoms with van der Waals surface area (Å²) in [6.07, 6.45) is 0. The number of hydrogen-bond donors (Lipinski definition) is 1. The summed E-state index contributed by atoms with van der Waals surface area (Å²) >= 11 is 1.26. The lowest BCUT2D eigenvalue weighted by Crippen LogP contribution is -2.29. The van der Waals surface area contributed by atoms with Crippen molar-refractivity contribution in [3.05, 3.63) is 51.8 Å². The Morgan fingerprint density at radius 1 is 1.28 bits per heavy atom. The number of ether oxygens (including phenoxy) is 1. The summed E-state index contributed by atoms with van der Waals surface area (Å²) in [5, 5.41) is 15.6. The molecule has 0 unspecified atom stereocenters. The molecule has 0 radical (unpaired) electrons. The highest BCUT2D eigenvalue weighted by atomic mass is 32.1. The Morgan fingerprint density at radius 2 is 2.12 bits per heavy atom. The first kappa shape index (κ1) is 16.8. The number of rotatable bonds is 5. The highest BCUT2D eigenvalue weighted by Gasteiger charge is 2.10. The normalized spacial score (nSPS) is 10.5. The number of carbonyl (C=O) groups excluding carboxylic acids is 1. The maximum absolute atomic E-state index is 12.1. The summed E-state index contributed by atoms with van der Waals surface area (Å²) in [6.45, 7) is 1.58. The van der Waals surface area contributed by atoms with E-state index in [2.05, 4.69) is 20.6 Å². The van der Waals surface area contributed by atoms with Crippen LogP contribution in [0.2, 0.25) is 0 Å². The molecule has 0 saturated carbocycles. The fourth-order valence-corrected chi connectivity index (χ4v) is 2.75. The van der Waals surface area contributed by atoms with Gasteiger partial charge in [-0.25, -0.2) is 4.68 Å². The number of aryl methyl sites for hydroxylation is 1. The van der Waals surface area contributed by atoms with Crippen molar-refractivity contribution < 1.29 is 9.53 Å². The van der Waals surface area contributed by atoms with E-state index >= 15 is 0 Å². The molecule has 0 saturated heterocycles. The summed E-state index contributed by atoms with van der Waals surface area (Å²) in [5.74, 6) is 0.287. The predicted molar refractivity (Wildman–Crippen MR) is 93.8 cm³/mol. The zero-order valence-corrected chi connectivity index (χ0v) is 14.4. The van der Waals surface area contributed by atoms with E-state index in [1.54, 1.807) is 26.2 Å². The van der Waals surface area contributed by atoms with Gasteiger partial charge in [0.05, 0.1) is 12.8 Å². The van der Waals surface area contributed by atoms with Crippen molar-refractivity contribution in [1.82, 2.24) is 20.0 Å². The maximum atomic E-state index is 12.1. The molecule has 1 amide bonds. The van der Waals surface area contributed by atoms with Gasteiger partial charge in [-0.3, -0.25) is 14.9 Å². The number of methoxy groups -OCH3 is 1. The molecular weight excluding hydrogens is 342 g/mol. The van der Waals surface area contributed by atoms with E-state index in [9.17, 15) is 9.59 Å². The van der Waals surface area contributed by atoms with Crippen LogP contribution in [-0.2, 0) is 11.3 Å². The van der Waals surface area contributed by atoms with E-state index in [0.717, 1.165) is 15.3 Å². The van der Waals surface area contributed by atoms with Gasteiger partial charge < -0.3 is 4.74 Å². The molecule has 2 heterocycles. The minimum absolute atomic E-state index is 0.213. The molecule has 0 fully saturated rings. The number of amides is 1. The molecule has 8 nitrogen and oxygen atoms in total. The zero-order valence-electron chi connectivity index (χ0n) is 13.6. The van der Waals surface area contributed by atoms with Crippen LogP contribution in [0, 0.1) is 6.92 Å². The van der Waals surface area contributed by atoms with Gasteiger partial charge >= 0.3 is 0 Å². The Balaban J connectivity index is 1.81. The Kier molecular flexibility index (Phi) is 4.85. The quantitative estimate of drug-likeness (QED) is 0.746. The van der Waals surface area contributed by atoms with Crippen LogP contribution in [0.5, 0.6) is 5.75 Å². The van der Waals surface area contributed by atoms with Crippen molar-refractivity contribution >= 4 is 22.4 Å². The minimum atomic E-state index is -0.395. The van der Waals surface area contributed by atoms with E-state index in [1.165, 1.54) is 17.4 Å². The fourth-order valence-electron chi connectivity index (χ4n) is 2.14. The molecule has 25 heavy (non-hydrogen) atoms. The second-order valence-corrected chi connectivity index (χ2v) is 6.30. The molecule has 3 rings (SSSR count). The molecule has 1 N–H and O–H groups in total. The lowest BCUT2D eigenvalue weighted by molar-refractivity contribution is -0.117. The van der Waals surface area contributed by atoms with Crippen molar-refractivity contribution in [3.8, 4) is 17.0 Å². The van der Waals surface area contributed by atoms with Crippen LogP contribution in [0.15, 0.2) is 41.2 Å². The van der Waals surface area contributed by atoms with Gasteiger partial charge in [-0.2, -0.15) is 5.10 Å². The Hall–Kier alpha value is -3.07. The Labute approximate surface area is 147 Å². The molecule has 128 valence electrons. The van der Waals surface area contributed by atoms with E-state index in [4.69, 9.17) is 4.74 Å². The van der Waals surface area contributed by atoms with Crippen molar-refractivity contribution in [2.75, 3.05) is 12.4 Å². The number of hydrogen-bond acceptors (Lipinski definition) is 7.